The van der Waals surface area contributed by atoms with Crippen molar-refractivity contribution in [1.29, 1.82) is 5.26 Å². The summed E-state index contributed by atoms with van der Waals surface area (Å²) in [5.74, 6) is 0.162. The third-order valence-electron chi connectivity index (χ3n) is 1.89. The smallest absolute Gasteiger partial charge is 0.123 e. The maximum atomic E-state index is 10.1. The third-order valence-corrected chi connectivity index (χ3v) is 1.89. The molecular weight excluding hydrogens is 114 g/mol. The first kappa shape index (κ1) is 6.28. The van der Waals surface area contributed by atoms with Crippen molar-refractivity contribution in [2.45, 2.75) is 19.8 Å². The average molecular weight is 123 g/mol. The van der Waals surface area contributed by atoms with Gasteiger partial charge in [-0.25, -0.2) is 0 Å². The minimum absolute atomic E-state index is 0.162. The van der Waals surface area contributed by atoms with Gasteiger partial charge in [0.1, 0.15) is 6.29 Å². The summed E-state index contributed by atoms with van der Waals surface area (Å²) in [4.78, 5) is 10.1. The Labute approximate surface area is 54.5 Å². The van der Waals surface area contributed by atoms with E-state index in [2.05, 4.69) is 6.07 Å². The molecule has 2 nitrogen and oxygen atoms in total. The lowest BCUT2D eigenvalue weighted by atomic mass is 9.65. The Bertz CT molecular complexity index is 162. The van der Waals surface area contributed by atoms with E-state index in [1.54, 1.807) is 0 Å². The molecule has 0 unspecified atom stereocenters. The summed E-state index contributed by atoms with van der Waals surface area (Å²) in [6.07, 6.45) is 2.46. The van der Waals surface area contributed by atoms with E-state index >= 15 is 0 Å². The number of rotatable bonds is 1. The Morgan fingerprint density at radius 3 is 2.67 bits per heavy atom. The Morgan fingerprint density at radius 2 is 2.33 bits per heavy atom. The van der Waals surface area contributed by atoms with Gasteiger partial charge in [-0.3, -0.25) is 0 Å². The molecule has 9 heavy (non-hydrogen) atoms. The molecule has 0 N–H and O–H groups in total. The number of nitriles is 1. The molecule has 1 rings (SSSR count). The lowest BCUT2D eigenvalue weighted by molar-refractivity contribution is -0.115. The first-order valence-electron chi connectivity index (χ1n) is 3.07. The van der Waals surface area contributed by atoms with Crippen molar-refractivity contribution in [3.63, 3.8) is 0 Å². The van der Waals surface area contributed by atoms with E-state index in [0.717, 1.165) is 19.1 Å². The van der Waals surface area contributed by atoms with E-state index in [1.165, 1.54) is 0 Å². The highest BCUT2D eigenvalue weighted by Crippen LogP contribution is 2.43. The lowest BCUT2D eigenvalue weighted by Gasteiger charge is -2.36. The van der Waals surface area contributed by atoms with Crippen molar-refractivity contribution >= 4 is 6.29 Å². The van der Waals surface area contributed by atoms with Crippen LogP contribution in [0.5, 0.6) is 0 Å². The van der Waals surface area contributed by atoms with Crippen molar-refractivity contribution in [3.05, 3.63) is 0 Å². The average Bonchev–Trinajstić information content (AvgIpc) is 1.81. The fraction of sp³-hybridized carbons (Fsp3) is 0.714. The Morgan fingerprint density at radius 1 is 1.78 bits per heavy atom. The molecule has 2 heteroatoms. The van der Waals surface area contributed by atoms with Crippen molar-refractivity contribution < 1.29 is 4.79 Å². The summed E-state index contributed by atoms with van der Waals surface area (Å²) in [5.41, 5.74) is -0.189. The third kappa shape index (κ3) is 0.951. The van der Waals surface area contributed by atoms with Crippen molar-refractivity contribution in [2.75, 3.05) is 0 Å². The molecule has 0 atom stereocenters. The number of hydrogen-bond acceptors (Lipinski definition) is 2. The Balaban J connectivity index is 2.43. The van der Waals surface area contributed by atoms with Gasteiger partial charge in [-0.1, -0.05) is 0 Å². The van der Waals surface area contributed by atoms with Crippen LogP contribution in [0.1, 0.15) is 19.8 Å². The van der Waals surface area contributed by atoms with Crippen LogP contribution >= 0.6 is 0 Å². The molecule has 0 aromatic carbocycles. The molecule has 0 aromatic rings. The minimum Gasteiger partial charge on any atom is -0.303 e. The minimum atomic E-state index is -0.189. The topological polar surface area (TPSA) is 40.9 Å². The predicted octanol–water partition coefficient (Wildman–Crippen LogP) is 1.13. The van der Waals surface area contributed by atoms with E-state index in [4.69, 9.17) is 5.26 Å². The fourth-order valence-corrected chi connectivity index (χ4v) is 1.29. The summed E-state index contributed by atoms with van der Waals surface area (Å²) >= 11 is 0. The van der Waals surface area contributed by atoms with Gasteiger partial charge in [0.05, 0.1) is 11.5 Å². The van der Waals surface area contributed by atoms with Crippen LogP contribution in [0.15, 0.2) is 0 Å². The van der Waals surface area contributed by atoms with Crippen LogP contribution in [0.4, 0.5) is 0 Å². The van der Waals surface area contributed by atoms with E-state index in [1.807, 2.05) is 6.92 Å². The van der Waals surface area contributed by atoms with Gasteiger partial charge in [-0.15, -0.1) is 0 Å². The normalized spacial score (nSPS) is 40.7. The number of carbonyl (C=O) groups is 1. The second-order valence-corrected chi connectivity index (χ2v) is 2.98. The molecule has 1 saturated carbocycles. The standard InChI is InChI=1S/C7H9NO/c1-7(5-8)2-6(3-7)4-9/h4,6H,2-3H2,1H3. The second kappa shape index (κ2) is 1.84. The largest absolute Gasteiger partial charge is 0.303 e. The predicted molar refractivity (Wildman–Crippen MR) is 32.5 cm³/mol. The van der Waals surface area contributed by atoms with Crippen LogP contribution < -0.4 is 0 Å². The molecule has 0 aromatic heterocycles. The van der Waals surface area contributed by atoms with Crippen LogP contribution in [0.3, 0.4) is 0 Å². The number of hydrogen-bond donors (Lipinski definition) is 0. The fourth-order valence-electron chi connectivity index (χ4n) is 1.29. The maximum Gasteiger partial charge on any atom is 0.123 e. The summed E-state index contributed by atoms with van der Waals surface area (Å²) in [5, 5.41) is 8.49. The molecular formula is C7H9NO. The summed E-state index contributed by atoms with van der Waals surface area (Å²) < 4.78 is 0. The second-order valence-electron chi connectivity index (χ2n) is 2.98. The quantitative estimate of drug-likeness (QED) is 0.490. The van der Waals surface area contributed by atoms with E-state index in [0.29, 0.717) is 0 Å². The first-order chi connectivity index (χ1) is 4.20. The molecule has 0 aliphatic heterocycles. The zero-order chi connectivity index (χ0) is 6.91. The van der Waals surface area contributed by atoms with Crippen LogP contribution in [0, 0.1) is 22.7 Å². The molecule has 1 aliphatic carbocycles. The molecule has 1 aliphatic rings. The van der Waals surface area contributed by atoms with Crippen LogP contribution in [0.2, 0.25) is 0 Å². The van der Waals surface area contributed by atoms with Gasteiger partial charge >= 0.3 is 0 Å². The van der Waals surface area contributed by atoms with Gasteiger partial charge in [0.2, 0.25) is 0 Å². The number of carbonyl (C=O) groups excluding carboxylic acids is 1. The first-order valence-corrected chi connectivity index (χ1v) is 3.07. The Kier molecular flexibility index (Phi) is 1.28. The summed E-state index contributed by atoms with van der Waals surface area (Å²) in [6.45, 7) is 1.90. The summed E-state index contributed by atoms with van der Waals surface area (Å²) in [7, 11) is 0. The summed E-state index contributed by atoms with van der Waals surface area (Å²) in [6, 6.07) is 2.18. The molecule has 0 bridgehead atoms. The van der Waals surface area contributed by atoms with Gasteiger partial charge in [0, 0.05) is 5.92 Å². The SMILES string of the molecule is CC1(C#N)CC(C=O)C1. The highest BCUT2D eigenvalue weighted by molar-refractivity contribution is 5.56. The molecule has 1 fully saturated rings. The van der Waals surface area contributed by atoms with Crippen LogP contribution in [0.25, 0.3) is 0 Å². The van der Waals surface area contributed by atoms with Gasteiger partial charge in [-0.05, 0) is 19.8 Å². The van der Waals surface area contributed by atoms with E-state index in [9.17, 15) is 4.79 Å². The zero-order valence-corrected chi connectivity index (χ0v) is 5.42. The van der Waals surface area contributed by atoms with E-state index in [-0.39, 0.29) is 11.3 Å². The molecule has 0 heterocycles. The highest BCUT2D eigenvalue weighted by atomic mass is 16.1. The molecule has 0 spiro atoms. The van der Waals surface area contributed by atoms with Gasteiger partial charge < -0.3 is 4.79 Å². The molecule has 48 valence electrons. The van der Waals surface area contributed by atoms with E-state index < -0.39 is 0 Å². The number of nitrogens with zero attached hydrogens (tertiary/aromatic N) is 1. The van der Waals surface area contributed by atoms with Gasteiger partial charge in [0.25, 0.3) is 0 Å². The lowest BCUT2D eigenvalue weighted by Crippen LogP contribution is -2.33. The maximum absolute atomic E-state index is 10.1. The Hall–Kier alpha value is -0.840. The van der Waals surface area contributed by atoms with Crippen LogP contribution in [-0.4, -0.2) is 6.29 Å². The molecule has 0 amide bonds. The molecule has 0 radical (unpaired) electrons. The van der Waals surface area contributed by atoms with Crippen molar-refractivity contribution in [2.24, 2.45) is 11.3 Å². The van der Waals surface area contributed by atoms with Gasteiger partial charge in [0.15, 0.2) is 0 Å². The van der Waals surface area contributed by atoms with Crippen molar-refractivity contribution in [3.8, 4) is 6.07 Å². The highest BCUT2D eigenvalue weighted by Gasteiger charge is 2.40. The van der Waals surface area contributed by atoms with Gasteiger partial charge in [-0.2, -0.15) is 5.26 Å². The van der Waals surface area contributed by atoms with Crippen LogP contribution in [-0.2, 0) is 4.79 Å². The zero-order valence-electron chi connectivity index (χ0n) is 5.42. The monoisotopic (exact) mass is 123 g/mol. The number of aldehydes is 1. The van der Waals surface area contributed by atoms with Crippen molar-refractivity contribution in [1.82, 2.24) is 0 Å². The molecule has 0 saturated heterocycles.